The third kappa shape index (κ3) is 4.22. The highest BCUT2D eigenvalue weighted by Crippen LogP contribution is 2.30. The van der Waals surface area contributed by atoms with Gasteiger partial charge in [0.05, 0.1) is 18.3 Å². The number of unbranched alkanes of at least 4 members (excludes halogenated alkanes) is 1. The van der Waals surface area contributed by atoms with Crippen molar-refractivity contribution in [3.8, 4) is 0 Å². The molecule has 0 saturated carbocycles. The van der Waals surface area contributed by atoms with Crippen molar-refractivity contribution in [2.45, 2.75) is 58.5 Å². The molecular formula is C21H26ClN3O3. The molecule has 7 heteroatoms. The maximum atomic E-state index is 13.1. The van der Waals surface area contributed by atoms with Gasteiger partial charge in [0.2, 0.25) is 0 Å². The number of fused-ring (bicyclic) bond motifs is 1. The van der Waals surface area contributed by atoms with E-state index in [1.165, 1.54) is 4.57 Å². The number of rotatable bonds is 7. The molecule has 0 spiro atoms. The molecule has 0 saturated heterocycles. The molecule has 0 amide bonds. The van der Waals surface area contributed by atoms with Gasteiger partial charge in [0.15, 0.2) is 11.0 Å². The Hall–Kier alpha value is -2.34. The summed E-state index contributed by atoms with van der Waals surface area (Å²) in [6.07, 6.45) is 2.77. The van der Waals surface area contributed by atoms with Gasteiger partial charge in [-0.25, -0.2) is 9.78 Å². The zero-order valence-corrected chi connectivity index (χ0v) is 17.3. The summed E-state index contributed by atoms with van der Waals surface area (Å²) in [5.74, 6) is -0.231. The van der Waals surface area contributed by atoms with Crippen molar-refractivity contribution in [1.82, 2.24) is 9.55 Å². The summed E-state index contributed by atoms with van der Waals surface area (Å²) < 4.78 is 6.79. The van der Waals surface area contributed by atoms with Crippen LogP contribution >= 0.6 is 11.6 Å². The van der Waals surface area contributed by atoms with Crippen molar-refractivity contribution in [2.75, 3.05) is 11.9 Å². The summed E-state index contributed by atoms with van der Waals surface area (Å²) in [6, 6.07) is 7.26. The van der Waals surface area contributed by atoms with E-state index in [1.54, 1.807) is 0 Å². The summed E-state index contributed by atoms with van der Waals surface area (Å²) in [4.78, 5) is 29.8. The maximum Gasteiger partial charge on any atom is 0.329 e. The lowest BCUT2D eigenvalue weighted by molar-refractivity contribution is -0.147. The number of carbonyl (C=O) groups is 1. The molecule has 1 aliphatic heterocycles. The number of hydrogen-bond donors (Lipinski definition) is 1. The number of halogens is 1. The molecule has 1 N–H and O–H groups in total. The van der Waals surface area contributed by atoms with Crippen LogP contribution in [0.1, 0.15) is 62.0 Å². The molecular weight excluding hydrogens is 378 g/mol. The average Bonchev–Trinajstić information content (AvgIpc) is 3.12. The highest BCUT2D eigenvalue weighted by atomic mass is 35.5. The topological polar surface area (TPSA) is 73.2 Å². The number of nitrogens with zero attached hydrogens (tertiary/aromatic N) is 2. The van der Waals surface area contributed by atoms with Crippen LogP contribution in [-0.2, 0) is 16.0 Å². The van der Waals surface area contributed by atoms with Gasteiger partial charge in [-0.15, -0.1) is 0 Å². The maximum absolute atomic E-state index is 13.1. The van der Waals surface area contributed by atoms with Gasteiger partial charge in [0.25, 0.3) is 5.56 Å². The van der Waals surface area contributed by atoms with E-state index < -0.39 is 6.04 Å². The lowest BCUT2D eigenvalue weighted by atomic mass is 10.1. The summed E-state index contributed by atoms with van der Waals surface area (Å²) in [5, 5.41) is 3.41. The Labute approximate surface area is 169 Å². The van der Waals surface area contributed by atoms with Gasteiger partial charge in [-0.3, -0.25) is 9.36 Å². The fourth-order valence-electron chi connectivity index (χ4n) is 3.46. The fraction of sp³-hybridized carbons (Fsp3) is 0.476. The normalized spacial score (nSPS) is 16.5. The summed E-state index contributed by atoms with van der Waals surface area (Å²) >= 11 is 6.34. The first-order valence-corrected chi connectivity index (χ1v) is 10.1. The smallest absolute Gasteiger partial charge is 0.329 e. The van der Waals surface area contributed by atoms with Crippen molar-refractivity contribution in [3.63, 3.8) is 0 Å². The van der Waals surface area contributed by atoms with Gasteiger partial charge in [-0.05, 0) is 38.7 Å². The number of ether oxygens (including phenoxy) is 1. The summed E-state index contributed by atoms with van der Waals surface area (Å²) in [6.45, 7) is 6.37. The monoisotopic (exact) mass is 403 g/mol. The summed E-state index contributed by atoms with van der Waals surface area (Å²) in [5.41, 5.74) is 2.43. The number of nitrogens with one attached hydrogen (secondary N) is 1. The largest absolute Gasteiger partial charge is 0.464 e. The third-order valence-electron chi connectivity index (χ3n) is 5.04. The molecule has 1 aromatic carbocycles. The quantitative estimate of drug-likeness (QED) is 0.553. The second-order valence-electron chi connectivity index (χ2n) is 7.23. The Morgan fingerprint density at radius 3 is 2.96 bits per heavy atom. The van der Waals surface area contributed by atoms with Crippen molar-refractivity contribution >= 4 is 23.4 Å². The second-order valence-corrected chi connectivity index (χ2v) is 7.59. The molecule has 2 heterocycles. The molecule has 2 aromatic rings. The SMILES string of the molecule is CCCCOC(=O)[C@@H]1CCc2c(Cl)nc(N[C@H](C)c3cccc(C)c3)c(=O)n21. The zero-order chi connectivity index (χ0) is 20.3. The minimum absolute atomic E-state index is 0.133. The number of esters is 1. The number of hydrogen-bond acceptors (Lipinski definition) is 5. The predicted molar refractivity (Wildman–Crippen MR) is 110 cm³/mol. The Morgan fingerprint density at radius 2 is 2.25 bits per heavy atom. The molecule has 150 valence electrons. The molecule has 0 fully saturated rings. The van der Waals surface area contributed by atoms with E-state index in [0.29, 0.717) is 25.1 Å². The zero-order valence-electron chi connectivity index (χ0n) is 16.5. The van der Waals surface area contributed by atoms with Crippen LogP contribution in [0, 0.1) is 6.92 Å². The highest BCUT2D eigenvalue weighted by molar-refractivity contribution is 6.30. The van der Waals surface area contributed by atoms with Gasteiger partial charge in [0.1, 0.15) is 6.04 Å². The first-order chi connectivity index (χ1) is 13.4. The van der Waals surface area contributed by atoms with Crippen molar-refractivity contribution in [2.24, 2.45) is 0 Å². The first kappa shape index (κ1) is 20.4. The van der Waals surface area contributed by atoms with Crippen LogP contribution in [0.25, 0.3) is 0 Å². The molecule has 28 heavy (non-hydrogen) atoms. The molecule has 0 unspecified atom stereocenters. The molecule has 2 atom stereocenters. The van der Waals surface area contributed by atoms with E-state index in [4.69, 9.17) is 16.3 Å². The lowest BCUT2D eigenvalue weighted by Gasteiger charge is -2.18. The molecule has 1 aliphatic rings. The van der Waals surface area contributed by atoms with E-state index in [1.807, 2.05) is 39.0 Å². The van der Waals surface area contributed by atoms with E-state index in [2.05, 4.69) is 16.4 Å². The van der Waals surface area contributed by atoms with Crippen LogP contribution in [0.2, 0.25) is 5.15 Å². The number of anilines is 1. The van der Waals surface area contributed by atoms with Crippen LogP contribution in [0.5, 0.6) is 0 Å². The molecule has 3 rings (SSSR count). The van der Waals surface area contributed by atoms with Crippen LogP contribution in [0.3, 0.4) is 0 Å². The van der Waals surface area contributed by atoms with Gasteiger partial charge >= 0.3 is 5.97 Å². The molecule has 1 aromatic heterocycles. The Kier molecular flexibility index (Phi) is 6.39. The van der Waals surface area contributed by atoms with Crippen molar-refractivity contribution in [3.05, 3.63) is 56.6 Å². The standard InChI is InChI=1S/C21H26ClN3O3/c1-4-5-11-28-21(27)17-10-9-16-18(22)24-19(20(26)25(16)17)23-14(3)15-8-6-7-13(2)12-15/h6-8,12,14,17H,4-5,9-11H2,1-3H3,(H,23,24)/t14-,17+/m1/s1. The third-order valence-corrected chi connectivity index (χ3v) is 5.34. The molecule has 0 bridgehead atoms. The van der Waals surface area contributed by atoms with Gasteiger partial charge < -0.3 is 10.1 Å². The predicted octanol–water partition coefficient (Wildman–Crippen LogP) is 4.21. The van der Waals surface area contributed by atoms with E-state index in [0.717, 1.165) is 24.0 Å². The number of aromatic nitrogens is 2. The van der Waals surface area contributed by atoms with E-state index in [9.17, 15) is 9.59 Å². The molecule has 6 nitrogen and oxygen atoms in total. The molecule has 0 aliphatic carbocycles. The number of carbonyl (C=O) groups excluding carboxylic acids is 1. The van der Waals surface area contributed by atoms with Crippen LogP contribution in [0.4, 0.5) is 5.82 Å². The Balaban J connectivity index is 1.87. The van der Waals surface area contributed by atoms with Gasteiger partial charge in [0, 0.05) is 0 Å². The van der Waals surface area contributed by atoms with Crippen LogP contribution in [0.15, 0.2) is 29.1 Å². The van der Waals surface area contributed by atoms with Crippen LogP contribution < -0.4 is 10.9 Å². The second kappa shape index (κ2) is 8.78. The van der Waals surface area contributed by atoms with Crippen LogP contribution in [-0.4, -0.2) is 22.1 Å². The van der Waals surface area contributed by atoms with Crippen molar-refractivity contribution < 1.29 is 9.53 Å². The minimum atomic E-state index is -0.644. The first-order valence-electron chi connectivity index (χ1n) is 9.73. The summed E-state index contributed by atoms with van der Waals surface area (Å²) in [7, 11) is 0. The van der Waals surface area contributed by atoms with Crippen molar-refractivity contribution in [1.29, 1.82) is 0 Å². The minimum Gasteiger partial charge on any atom is -0.464 e. The van der Waals surface area contributed by atoms with Gasteiger partial charge in [-0.1, -0.05) is 54.8 Å². The number of benzene rings is 1. The molecule has 0 radical (unpaired) electrons. The lowest BCUT2D eigenvalue weighted by Crippen LogP contribution is -2.32. The Morgan fingerprint density at radius 1 is 1.46 bits per heavy atom. The van der Waals surface area contributed by atoms with E-state index >= 15 is 0 Å². The fourth-order valence-corrected chi connectivity index (χ4v) is 3.73. The Bertz CT molecular complexity index is 926. The van der Waals surface area contributed by atoms with E-state index in [-0.39, 0.29) is 28.5 Å². The number of aryl methyl sites for hydroxylation is 1. The average molecular weight is 404 g/mol. The highest BCUT2D eigenvalue weighted by Gasteiger charge is 2.34. The van der Waals surface area contributed by atoms with Gasteiger partial charge in [-0.2, -0.15) is 0 Å².